The second-order valence-corrected chi connectivity index (χ2v) is 7.55. The molecule has 1 aliphatic rings. The predicted molar refractivity (Wildman–Crippen MR) is 89.1 cm³/mol. The number of halogens is 1. The Balaban J connectivity index is 1.93. The van der Waals surface area contributed by atoms with Gasteiger partial charge < -0.3 is 4.74 Å². The third-order valence-corrected chi connectivity index (χ3v) is 4.69. The second kappa shape index (κ2) is 5.88. The van der Waals surface area contributed by atoms with Gasteiger partial charge >= 0.3 is 5.97 Å². The highest BCUT2D eigenvalue weighted by atomic mass is 127. The van der Waals surface area contributed by atoms with Gasteiger partial charge in [0.05, 0.1) is 5.92 Å². The minimum Gasteiger partial charge on any atom is -0.461 e. The first-order valence-electron chi connectivity index (χ1n) is 6.88. The van der Waals surface area contributed by atoms with E-state index in [0.717, 1.165) is 5.56 Å². The van der Waals surface area contributed by atoms with Gasteiger partial charge in [0.1, 0.15) is 6.61 Å². The van der Waals surface area contributed by atoms with Gasteiger partial charge in [0.25, 0.3) is 0 Å². The Hall–Kier alpha value is -0.840. The zero-order valence-corrected chi connectivity index (χ0v) is 14.6. The predicted octanol–water partition coefficient (Wildman–Crippen LogP) is 4.57. The van der Waals surface area contributed by atoms with Crippen molar-refractivity contribution in [3.8, 4) is 0 Å². The van der Waals surface area contributed by atoms with Gasteiger partial charge in [0.2, 0.25) is 0 Å². The summed E-state index contributed by atoms with van der Waals surface area (Å²) in [5.74, 6) is 0.244. The molecular weight excluding hydrogens is 363 g/mol. The molecule has 1 aliphatic carbocycles. The van der Waals surface area contributed by atoms with Crippen LogP contribution >= 0.6 is 22.6 Å². The molecule has 0 aliphatic heterocycles. The number of allylic oxidation sites excluding steroid dienone is 2. The van der Waals surface area contributed by atoms with Crippen LogP contribution in [0.25, 0.3) is 0 Å². The number of hydrogen-bond acceptors (Lipinski definition) is 2. The van der Waals surface area contributed by atoms with E-state index in [1.807, 2.05) is 24.3 Å². The number of carbonyl (C=O) groups excluding carboxylic acids is 1. The highest BCUT2D eigenvalue weighted by molar-refractivity contribution is 14.1. The Labute approximate surface area is 134 Å². The molecule has 2 unspecified atom stereocenters. The summed E-state index contributed by atoms with van der Waals surface area (Å²) in [6.07, 6.45) is 2.19. The molecule has 0 saturated heterocycles. The first-order chi connectivity index (χ1) is 9.32. The van der Waals surface area contributed by atoms with Crippen molar-refractivity contribution in [1.82, 2.24) is 0 Å². The van der Waals surface area contributed by atoms with Crippen LogP contribution in [0.5, 0.6) is 0 Å². The van der Waals surface area contributed by atoms with Crippen molar-refractivity contribution >= 4 is 28.6 Å². The number of hydrogen-bond donors (Lipinski definition) is 0. The number of benzene rings is 1. The van der Waals surface area contributed by atoms with E-state index in [9.17, 15) is 4.79 Å². The standard InChI is InChI=1S/C17H21IO2/c1-11(2)9-14-15(17(14,3)4)16(19)20-10-12-5-7-13(18)8-6-12/h5-9,14-15H,10H2,1-4H3. The van der Waals surface area contributed by atoms with Crippen LogP contribution in [0, 0.1) is 20.8 Å². The van der Waals surface area contributed by atoms with E-state index in [-0.39, 0.29) is 17.3 Å². The molecule has 2 rings (SSSR count). The van der Waals surface area contributed by atoms with Crippen molar-refractivity contribution in [3.05, 3.63) is 45.0 Å². The Kier molecular flexibility index (Phi) is 4.57. The van der Waals surface area contributed by atoms with Gasteiger partial charge in [-0.15, -0.1) is 0 Å². The molecule has 0 N–H and O–H groups in total. The van der Waals surface area contributed by atoms with E-state index in [2.05, 4.69) is 56.4 Å². The second-order valence-electron chi connectivity index (χ2n) is 6.30. The maximum atomic E-state index is 12.2. The SMILES string of the molecule is CC(C)=CC1C(C(=O)OCc2ccc(I)cc2)C1(C)C. The van der Waals surface area contributed by atoms with Crippen LogP contribution in [0.15, 0.2) is 35.9 Å². The molecule has 0 bridgehead atoms. The molecular formula is C17H21IO2. The molecule has 20 heavy (non-hydrogen) atoms. The lowest BCUT2D eigenvalue weighted by molar-refractivity contribution is -0.147. The summed E-state index contributed by atoms with van der Waals surface area (Å²) in [6.45, 7) is 8.77. The van der Waals surface area contributed by atoms with Crippen molar-refractivity contribution in [2.75, 3.05) is 0 Å². The van der Waals surface area contributed by atoms with Crippen LogP contribution in [-0.4, -0.2) is 5.97 Å². The topological polar surface area (TPSA) is 26.3 Å². The third kappa shape index (κ3) is 3.43. The van der Waals surface area contributed by atoms with E-state index in [1.54, 1.807) is 0 Å². The summed E-state index contributed by atoms with van der Waals surface area (Å²) in [4.78, 5) is 12.2. The highest BCUT2D eigenvalue weighted by Gasteiger charge is 2.61. The first-order valence-corrected chi connectivity index (χ1v) is 7.96. The van der Waals surface area contributed by atoms with Crippen LogP contribution in [0.4, 0.5) is 0 Å². The number of ether oxygens (including phenoxy) is 1. The number of carbonyl (C=O) groups is 1. The summed E-state index contributed by atoms with van der Waals surface area (Å²) in [5, 5.41) is 0. The lowest BCUT2D eigenvalue weighted by Gasteiger charge is -2.06. The molecule has 1 aromatic rings. The van der Waals surface area contributed by atoms with Crippen molar-refractivity contribution in [2.45, 2.75) is 34.3 Å². The fourth-order valence-corrected chi connectivity index (χ4v) is 2.98. The lowest BCUT2D eigenvalue weighted by atomic mass is 10.1. The Bertz CT molecular complexity index is 524. The van der Waals surface area contributed by atoms with Gasteiger partial charge in [-0.25, -0.2) is 0 Å². The molecule has 0 heterocycles. The monoisotopic (exact) mass is 384 g/mol. The largest absolute Gasteiger partial charge is 0.461 e. The average Bonchev–Trinajstić information content (AvgIpc) is 2.89. The summed E-state index contributed by atoms with van der Waals surface area (Å²) in [7, 11) is 0. The van der Waals surface area contributed by atoms with E-state index < -0.39 is 0 Å². The Morgan fingerprint density at radius 1 is 1.30 bits per heavy atom. The van der Waals surface area contributed by atoms with Crippen molar-refractivity contribution in [3.63, 3.8) is 0 Å². The molecule has 0 amide bonds. The summed E-state index contributed by atoms with van der Waals surface area (Å²) < 4.78 is 6.65. The molecule has 1 fully saturated rings. The third-order valence-electron chi connectivity index (χ3n) is 3.97. The zero-order chi connectivity index (χ0) is 14.9. The van der Waals surface area contributed by atoms with Gasteiger partial charge in [-0.05, 0) is 65.5 Å². The number of rotatable bonds is 4. The molecule has 3 heteroatoms. The van der Waals surface area contributed by atoms with E-state index in [4.69, 9.17) is 4.74 Å². The Morgan fingerprint density at radius 2 is 1.90 bits per heavy atom. The summed E-state index contributed by atoms with van der Waals surface area (Å²) >= 11 is 2.26. The average molecular weight is 384 g/mol. The fourth-order valence-electron chi connectivity index (χ4n) is 2.62. The van der Waals surface area contributed by atoms with E-state index in [1.165, 1.54) is 9.14 Å². The maximum absolute atomic E-state index is 12.2. The van der Waals surface area contributed by atoms with Gasteiger partial charge in [0.15, 0.2) is 0 Å². The van der Waals surface area contributed by atoms with Crippen LogP contribution in [0.2, 0.25) is 0 Å². The summed E-state index contributed by atoms with van der Waals surface area (Å²) in [5.41, 5.74) is 2.33. The van der Waals surface area contributed by atoms with Crippen molar-refractivity contribution < 1.29 is 9.53 Å². The summed E-state index contributed by atoms with van der Waals surface area (Å²) in [6, 6.07) is 8.05. The smallest absolute Gasteiger partial charge is 0.310 e. The van der Waals surface area contributed by atoms with Gasteiger partial charge in [0, 0.05) is 3.57 Å². The maximum Gasteiger partial charge on any atom is 0.310 e. The van der Waals surface area contributed by atoms with E-state index in [0.29, 0.717) is 12.5 Å². The molecule has 0 aromatic heterocycles. The highest BCUT2D eigenvalue weighted by Crippen LogP contribution is 2.59. The van der Waals surface area contributed by atoms with E-state index >= 15 is 0 Å². The quantitative estimate of drug-likeness (QED) is 0.432. The van der Waals surface area contributed by atoms with Crippen LogP contribution in [0.1, 0.15) is 33.3 Å². The molecule has 0 spiro atoms. The van der Waals surface area contributed by atoms with Gasteiger partial charge in [-0.1, -0.05) is 37.6 Å². The molecule has 2 nitrogen and oxygen atoms in total. The minimum atomic E-state index is -0.0731. The van der Waals surface area contributed by atoms with Gasteiger partial charge in [-0.3, -0.25) is 4.79 Å². The van der Waals surface area contributed by atoms with Crippen molar-refractivity contribution in [2.24, 2.45) is 17.3 Å². The van der Waals surface area contributed by atoms with Crippen LogP contribution < -0.4 is 0 Å². The molecule has 0 radical (unpaired) electrons. The fraction of sp³-hybridized carbons (Fsp3) is 0.471. The van der Waals surface area contributed by atoms with Crippen molar-refractivity contribution in [1.29, 1.82) is 0 Å². The lowest BCUT2D eigenvalue weighted by Crippen LogP contribution is -2.10. The molecule has 1 saturated carbocycles. The zero-order valence-electron chi connectivity index (χ0n) is 12.4. The van der Waals surface area contributed by atoms with Crippen LogP contribution in [0.3, 0.4) is 0 Å². The Morgan fingerprint density at radius 3 is 2.45 bits per heavy atom. The first kappa shape index (κ1) is 15.5. The number of esters is 1. The van der Waals surface area contributed by atoms with Gasteiger partial charge in [-0.2, -0.15) is 0 Å². The van der Waals surface area contributed by atoms with Crippen LogP contribution in [-0.2, 0) is 16.1 Å². The normalized spacial score (nSPS) is 23.1. The molecule has 2 atom stereocenters. The molecule has 108 valence electrons. The molecule has 1 aromatic carbocycles. The minimum absolute atomic E-state index is 0.00116.